The van der Waals surface area contributed by atoms with E-state index in [-0.39, 0.29) is 4.99 Å². The molecule has 0 fully saturated rings. The van der Waals surface area contributed by atoms with Crippen molar-refractivity contribution in [3.8, 4) is 11.6 Å². The van der Waals surface area contributed by atoms with E-state index in [1.165, 1.54) is 12.4 Å². The zero-order valence-corrected chi connectivity index (χ0v) is 11.3. The molecule has 1 aromatic heterocycles. The smallest absolute Gasteiger partial charge is 0.237 e. The number of thioether (sulfide) groups is 1. The van der Waals surface area contributed by atoms with Gasteiger partial charge in [0.05, 0.1) is 12.4 Å². The van der Waals surface area contributed by atoms with Crippen LogP contribution in [0.4, 0.5) is 0 Å². The van der Waals surface area contributed by atoms with Crippen molar-refractivity contribution in [2.45, 2.75) is 4.90 Å². The summed E-state index contributed by atoms with van der Waals surface area (Å²) < 4.78 is 5.66. The van der Waals surface area contributed by atoms with E-state index in [0.717, 1.165) is 10.6 Å². The minimum atomic E-state index is 0.221. The van der Waals surface area contributed by atoms with Crippen molar-refractivity contribution in [3.63, 3.8) is 0 Å². The highest BCUT2D eigenvalue weighted by atomic mass is 32.2. The number of ether oxygens (including phenoxy) is 1. The first-order valence-electron chi connectivity index (χ1n) is 5.13. The van der Waals surface area contributed by atoms with Gasteiger partial charge in [0.2, 0.25) is 5.88 Å². The molecule has 0 aliphatic heterocycles. The summed E-state index contributed by atoms with van der Waals surface area (Å²) in [4.78, 5) is 9.44. The maximum absolute atomic E-state index is 5.66. The molecule has 6 heteroatoms. The number of rotatable bonds is 4. The lowest BCUT2D eigenvalue weighted by atomic mass is 10.3. The third kappa shape index (κ3) is 2.96. The van der Waals surface area contributed by atoms with Gasteiger partial charge in [-0.1, -0.05) is 24.4 Å². The molecule has 0 unspecified atom stereocenters. The molecule has 2 rings (SSSR count). The van der Waals surface area contributed by atoms with Crippen molar-refractivity contribution >= 4 is 29.0 Å². The van der Waals surface area contributed by atoms with Gasteiger partial charge < -0.3 is 10.5 Å². The molecule has 4 nitrogen and oxygen atoms in total. The Hall–Kier alpha value is -1.66. The van der Waals surface area contributed by atoms with E-state index in [0.29, 0.717) is 11.6 Å². The molecule has 1 heterocycles. The lowest BCUT2D eigenvalue weighted by molar-refractivity contribution is 0.449. The van der Waals surface area contributed by atoms with Crippen LogP contribution in [0, 0.1) is 0 Å². The average Bonchev–Trinajstić information content (AvgIpc) is 2.40. The van der Waals surface area contributed by atoms with Crippen LogP contribution in [0.3, 0.4) is 0 Å². The second-order valence-corrected chi connectivity index (χ2v) is 4.64. The Morgan fingerprint density at radius 1 is 1.28 bits per heavy atom. The number of nitrogens with two attached hydrogens (primary N) is 1. The molecule has 0 bridgehead atoms. The quantitative estimate of drug-likeness (QED) is 0.685. The van der Waals surface area contributed by atoms with Crippen LogP contribution in [0.5, 0.6) is 11.6 Å². The molecular formula is C12H11N3OS2. The number of hydrogen-bond donors (Lipinski definition) is 1. The number of benzene rings is 1. The summed E-state index contributed by atoms with van der Waals surface area (Å²) in [5, 5.41) is 0. The Balaban J connectivity index is 2.21. The van der Waals surface area contributed by atoms with Crippen LogP contribution >= 0.6 is 24.0 Å². The van der Waals surface area contributed by atoms with Gasteiger partial charge in [0, 0.05) is 4.90 Å². The monoisotopic (exact) mass is 277 g/mol. The second-order valence-electron chi connectivity index (χ2n) is 3.36. The topological polar surface area (TPSA) is 61.0 Å². The molecule has 92 valence electrons. The van der Waals surface area contributed by atoms with Crippen molar-refractivity contribution < 1.29 is 4.74 Å². The molecule has 2 aromatic rings. The van der Waals surface area contributed by atoms with E-state index in [1.807, 2.05) is 30.5 Å². The van der Waals surface area contributed by atoms with E-state index in [9.17, 15) is 0 Å². The number of hydrogen-bond acceptors (Lipinski definition) is 5. The van der Waals surface area contributed by atoms with Crippen LogP contribution in [0.15, 0.2) is 41.6 Å². The van der Waals surface area contributed by atoms with E-state index in [4.69, 9.17) is 22.7 Å². The standard InChI is InChI=1S/C12H11N3OS2/c1-18-10-5-3-2-4-9(10)16-11-7-14-8(6-15-11)12(13)17/h2-7H,1H3,(H2,13,17). The largest absolute Gasteiger partial charge is 0.436 e. The first-order chi connectivity index (χ1) is 8.70. The van der Waals surface area contributed by atoms with Crippen molar-refractivity contribution in [1.29, 1.82) is 0 Å². The molecule has 0 aliphatic rings. The fourth-order valence-corrected chi connectivity index (χ4v) is 1.94. The SMILES string of the molecule is CSc1ccccc1Oc1cnc(C(N)=S)cn1. The molecule has 0 saturated heterocycles. The fraction of sp³-hybridized carbons (Fsp3) is 0.0833. The van der Waals surface area contributed by atoms with E-state index in [1.54, 1.807) is 11.8 Å². The summed E-state index contributed by atoms with van der Waals surface area (Å²) in [7, 11) is 0. The molecule has 0 aliphatic carbocycles. The lowest BCUT2D eigenvalue weighted by Crippen LogP contribution is -2.11. The summed E-state index contributed by atoms with van der Waals surface area (Å²) in [6, 6.07) is 7.73. The van der Waals surface area contributed by atoms with Gasteiger partial charge in [-0.25, -0.2) is 9.97 Å². The predicted molar refractivity (Wildman–Crippen MR) is 76.2 cm³/mol. The molecule has 1 aromatic carbocycles. The summed E-state index contributed by atoms with van der Waals surface area (Å²) in [6.07, 6.45) is 4.99. The minimum Gasteiger partial charge on any atom is -0.436 e. The summed E-state index contributed by atoms with van der Waals surface area (Å²) >= 11 is 6.41. The first kappa shape index (κ1) is 12.8. The molecule has 2 N–H and O–H groups in total. The summed E-state index contributed by atoms with van der Waals surface area (Å²) in [5.41, 5.74) is 5.93. The minimum absolute atomic E-state index is 0.221. The third-order valence-electron chi connectivity index (χ3n) is 2.16. The molecular weight excluding hydrogens is 266 g/mol. The van der Waals surface area contributed by atoms with Gasteiger partial charge in [-0.3, -0.25) is 0 Å². The zero-order chi connectivity index (χ0) is 13.0. The van der Waals surface area contributed by atoms with Crippen LogP contribution in [-0.2, 0) is 0 Å². The normalized spacial score (nSPS) is 10.1. The van der Waals surface area contributed by atoms with Crippen LogP contribution in [0.2, 0.25) is 0 Å². The molecule has 0 amide bonds. The molecule has 0 spiro atoms. The molecule has 0 radical (unpaired) electrons. The average molecular weight is 277 g/mol. The Labute approximate surface area is 115 Å². The summed E-state index contributed by atoms with van der Waals surface area (Å²) in [6.45, 7) is 0. The van der Waals surface area contributed by atoms with Crippen molar-refractivity contribution in [1.82, 2.24) is 9.97 Å². The van der Waals surface area contributed by atoms with Crippen LogP contribution in [0.25, 0.3) is 0 Å². The van der Waals surface area contributed by atoms with Crippen LogP contribution < -0.4 is 10.5 Å². The Bertz CT molecular complexity index is 558. The van der Waals surface area contributed by atoms with Gasteiger partial charge in [-0.2, -0.15) is 0 Å². The zero-order valence-electron chi connectivity index (χ0n) is 9.66. The number of para-hydroxylation sites is 1. The Morgan fingerprint density at radius 2 is 2.06 bits per heavy atom. The van der Waals surface area contributed by atoms with Gasteiger partial charge in [-0.05, 0) is 18.4 Å². The van der Waals surface area contributed by atoms with E-state index >= 15 is 0 Å². The third-order valence-corrected chi connectivity index (χ3v) is 3.15. The first-order valence-corrected chi connectivity index (χ1v) is 6.76. The van der Waals surface area contributed by atoms with Gasteiger partial charge in [0.15, 0.2) is 0 Å². The second kappa shape index (κ2) is 5.79. The highest BCUT2D eigenvalue weighted by Gasteiger charge is 2.05. The lowest BCUT2D eigenvalue weighted by Gasteiger charge is -2.08. The van der Waals surface area contributed by atoms with Gasteiger partial charge in [0.1, 0.15) is 16.4 Å². The maximum atomic E-state index is 5.66. The van der Waals surface area contributed by atoms with Crippen molar-refractivity contribution in [3.05, 3.63) is 42.4 Å². The highest BCUT2D eigenvalue weighted by molar-refractivity contribution is 7.98. The summed E-state index contributed by atoms with van der Waals surface area (Å²) in [5.74, 6) is 1.17. The predicted octanol–water partition coefficient (Wildman–Crippen LogP) is 2.62. The van der Waals surface area contributed by atoms with Gasteiger partial charge in [-0.15, -0.1) is 11.8 Å². The van der Waals surface area contributed by atoms with E-state index < -0.39 is 0 Å². The maximum Gasteiger partial charge on any atom is 0.237 e. The van der Waals surface area contributed by atoms with Crippen LogP contribution in [0.1, 0.15) is 5.69 Å². The molecule has 18 heavy (non-hydrogen) atoms. The fourth-order valence-electron chi connectivity index (χ4n) is 1.31. The highest BCUT2D eigenvalue weighted by Crippen LogP contribution is 2.29. The molecule has 0 atom stereocenters. The van der Waals surface area contributed by atoms with E-state index in [2.05, 4.69) is 9.97 Å². The number of thiocarbonyl (C=S) groups is 1. The van der Waals surface area contributed by atoms with Gasteiger partial charge >= 0.3 is 0 Å². The number of nitrogens with zero attached hydrogens (tertiary/aromatic N) is 2. The van der Waals surface area contributed by atoms with Crippen molar-refractivity contribution in [2.24, 2.45) is 5.73 Å². The van der Waals surface area contributed by atoms with Crippen molar-refractivity contribution in [2.75, 3.05) is 6.26 Å². The number of aromatic nitrogens is 2. The Morgan fingerprint density at radius 3 is 2.67 bits per heavy atom. The Kier molecular flexibility index (Phi) is 4.11. The molecule has 0 saturated carbocycles. The van der Waals surface area contributed by atoms with Crippen LogP contribution in [-0.4, -0.2) is 21.2 Å². The van der Waals surface area contributed by atoms with Gasteiger partial charge in [0.25, 0.3) is 0 Å².